The molecule has 2 atom stereocenters. The summed E-state index contributed by atoms with van der Waals surface area (Å²) in [6.45, 7) is 0. The second-order valence-corrected chi connectivity index (χ2v) is 10.1. The summed E-state index contributed by atoms with van der Waals surface area (Å²) in [5.74, 6) is -1.31. The number of esters is 1. The highest BCUT2D eigenvalue weighted by atomic mass is 32.1. The van der Waals surface area contributed by atoms with Crippen LogP contribution in [0, 0.1) is 5.92 Å². The average Bonchev–Trinajstić information content (AvgIpc) is 3.54. The number of rotatable bonds is 11. The Bertz CT molecular complexity index is 972. The van der Waals surface area contributed by atoms with Gasteiger partial charge in [-0.25, -0.2) is 9.78 Å². The fourth-order valence-electron chi connectivity index (χ4n) is 4.21. The molecule has 11 heteroatoms. The summed E-state index contributed by atoms with van der Waals surface area (Å²) in [6, 6.07) is 2.22. The highest BCUT2D eigenvalue weighted by Gasteiger charge is 2.36. The Morgan fingerprint density at radius 3 is 2.65 bits per heavy atom. The van der Waals surface area contributed by atoms with E-state index in [0.29, 0.717) is 19.3 Å². The number of hydrogen-bond donors (Lipinski definition) is 2. The van der Waals surface area contributed by atoms with E-state index >= 15 is 0 Å². The lowest BCUT2D eigenvalue weighted by Gasteiger charge is -2.32. The van der Waals surface area contributed by atoms with Crippen molar-refractivity contribution in [2.75, 3.05) is 19.5 Å². The zero-order chi connectivity index (χ0) is 24.5. The standard InChI is InChI=1S/C23H30N4O5S2/c1-24-17(12-16-9-6-10-33-16)21(30)27(14-28)19(11-15-7-4-3-5-8-15)20(29)26-23-25-18(13-34-23)22(31)32-2/h6,9-10,13-15,17,19,24H,3-5,7-8,11-12H2,1-2H3,(H,25,26,29). The number of ether oxygens (including phenoxy) is 1. The average molecular weight is 507 g/mol. The molecule has 1 saturated carbocycles. The largest absolute Gasteiger partial charge is 0.464 e. The first-order valence-corrected chi connectivity index (χ1v) is 13.0. The van der Waals surface area contributed by atoms with Gasteiger partial charge in [-0.15, -0.1) is 22.7 Å². The first-order chi connectivity index (χ1) is 16.5. The smallest absolute Gasteiger partial charge is 0.357 e. The number of thiazole rings is 1. The maximum Gasteiger partial charge on any atom is 0.357 e. The minimum Gasteiger partial charge on any atom is -0.464 e. The number of likely N-dealkylation sites (N-methyl/N-ethyl adjacent to an activating group) is 1. The Kier molecular flexibility index (Phi) is 9.73. The van der Waals surface area contributed by atoms with Crippen LogP contribution in [0.3, 0.4) is 0 Å². The van der Waals surface area contributed by atoms with E-state index in [1.165, 1.54) is 23.8 Å². The molecule has 0 radical (unpaired) electrons. The van der Waals surface area contributed by atoms with Crippen LogP contribution < -0.4 is 10.6 Å². The van der Waals surface area contributed by atoms with E-state index in [0.717, 1.165) is 53.2 Å². The van der Waals surface area contributed by atoms with Gasteiger partial charge in [-0.2, -0.15) is 0 Å². The van der Waals surface area contributed by atoms with Crippen LogP contribution in [-0.2, 0) is 25.5 Å². The predicted octanol–water partition coefficient (Wildman–Crippen LogP) is 3.08. The van der Waals surface area contributed by atoms with Crippen molar-refractivity contribution in [3.8, 4) is 0 Å². The van der Waals surface area contributed by atoms with Crippen LogP contribution in [0.15, 0.2) is 22.9 Å². The number of methoxy groups -OCH3 is 1. The SMILES string of the molecule is CNC(Cc1cccs1)C(=O)N(C=O)C(CC1CCCCC1)C(=O)Nc1nc(C(=O)OC)cs1. The van der Waals surface area contributed by atoms with Crippen LogP contribution in [-0.4, -0.2) is 60.3 Å². The van der Waals surface area contributed by atoms with Gasteiger partial charge in [0.1, 0.15) is 6.04 Å². The molecule has 2 aromatic heterocycles. The fraction of sp³-hybridized carbons (Fsp3) is 0.522. The second kappa shape index (κ2) is 12.7. The molecule has 1 aliphatic rings. The van der Waals surface area contributed by atoms with E-state index in [2.05, 4.69) is 20.4 Å². The number of thiophene rings is 1. The molecular weight excluding hydrogens is 476 g/mol. The van der Waals surface area contributed by atoms with E-state index in [-0.39, 0.29) is 16.7 Å². The molecule has 1 fully saturated rings. The van der Waals surface area contributed by atoms with Crippen molar-refractivity contribution < 1.29 is 23.9 Å². The fourth-order valence-corrected chi connectivity index (χ4v) is 5.64. The van der Waals surface area contributed by atoms with E-state index in [1.807, 2.05) is 17.5 Å². The third-order valence-corrected chi connectivity index (χ3v) is 7.71. The van der Waals surface area contributed by atoms with Gasteiger partial charge in [0.2, 0.25) is 18.2 Å². The number of nitrogens with zero attached hydrogens (tertiary/aromatic N) is 2. The summed E-state index contributed by atoms with van der Waals surface area (Å²) in [4.78, 5) is 56.7. The molecular formula is C23H30N4O5S2. The molecule has 1 aliphatic carbocycles. The van der Waals surface area contributed by atoms with Gasteiger partial charge in [-0.05, 0) is 30.8 Å². The Morgan fingerprint density at radius 2 is 2.03 bits per heavy atom. The number of nitrogens with one attached hydrogen (secondary N) is 2. The monoisotopic (exact) mass is 506 g/mol. The van der Waals surface area contributed by atoms with Crippen LogP contribution in [0.1, 0.15) is 53.9 Å². The number of anilines is 1. The molecule has 3 amide bonds. The predicted molar refractivity (Wildman–Crippen MR) is 131 cm³/mol. The lowest BCUT2D eigenvalue weighted by Crippen LogP contribution is -2.54. The quantitative estimate of drug-likeness (QED) is 0.355. The highest BCUT2D eigenvalue weighted by molar-refractivity contribution is 7.14. The number of carbonyl (C=O) groups excluding carboxylic acids is 4. The van der Waals surface area contributed by atoms with Crippen LogP contribution in [0.2, 0.25) is 0 Å². The molecule has 9 nitrogen and oxygen atoms in total. The molecule has 2 unspecified atom stereocenters. The van der Waals surface area contributed by atoms with Crippen molar-refractivity contribution >= 4 is 52.0 Å². The first-order valence-electron chi connectivity index (χ1n) is 11.3. The number of hydrogen-bond acceptors (Lipinski definition) is 9. The van der Waals surface area contributed by atoms with Crippen molar-refractivity contribution in [2.45, 2.75) is 57.0 Å². The maximum absolute atomic E-state index is 13.4. The lowest BCUT2D eigenvalue weighted by molar-refractivity contribution is -0.146. The molecule has 0 saturated heterocycles. The molecule has 184 valence electrons. The van der Waals surface area contributed by atoms with Gasteiger partial charge in [0.05, 0.1) is 13.2 Å². The highest BCUT2D eigenvalue weighted by Crippen LogP contribution is 2.29. The van der Waals surface area contributed by atoms with Crippen molar-refractivity contribution in [3.05, 3.63) is 33.5 Å². The summed E-state index contributed by atoms with van der Waals surface area (Å²) < 4.78 is 4.66. The molecule has 3 rings (SSSR count). The van der Waals surface area contributed by atoms with Crippen molar-refractivity contribution in [3.63, 3.8) is 0 Å². The maximum atomic E-state index is 13.4. The zero-order valence-electron chi connectivity index (χ0n) is 19.3. The van der Waals surface area contributed by atoms with Gasteiger partial charge in [0.15, 0.2) is 10.8 Å². The van der Waals surface area contributed by atoms with E-state index in [4.69, 9.17) is 0 Å². The Labute approximate surface area is 206 Å². The summed E-state index contributed by atoms with van der Waals surface area (Å²) in [5.41, 5.74) is 0.0844. The van der Waals surface area contributed by atoms with E-state index in [1.54, 1.807) is 7.05 Å². The Morgan fingerprint density at radius 1 is 1.26 bits per heavy atom. The van der Waals surface area contributed by atoms with Gasteiger partial charge in [-0.3, -0.25) is 19.3 Å². The summed E-state index contributed by atoms with van der Waals surface area (Å²) in [6.07, 6.45) is 6.47. The molecule has 0 aromatic carbocycles. The molecule has 2 heterocycles. The van der Waals surface area contributed by atoms with Crippen LogP contribution in [0.25, 0.3) is 0 Å². The minimum absolute atomic E-state index is 0.0844. The van der Waals surface area contributed by atoms with Gasteiger partial charge in [0, 0.05) is 16.7 Å². The van der Waals surface area contributed by atoms with Gasteiger partial charge in [0.25, 0.3) is 0 Å². The van der Waals surface area contributed by atoms with E-state index in [9.17, 15) is 19.2 Å². The van der Waals surface area contributed by atoms with Gasteiger partial charge in [-0.1, -0.05) is 38.2 Å². The molecule has 0 aliphatic heterocycles. The van der Waals surface area contributed by atoms with Crippen molar-refractivity contribution in [1.29, 1.82) is 0 Å². The first kappa shape index (κ1) is 26.0. The normalized spacial score (nSPS) is 15.8. The Balaban J connectivity index is 1.80. The van der Waals surface area contributed by atoms with Crippen LogP contribution >= 0.6 is 22.7 Å². The summed E-state index contributed by atoms with van der Waals surface area (Å²) >= 11 is 2.61. The number of carbonyl (C=O) groups is 4. The number of amides is 3. The van der Waals surface area contributed by atoms with Gasteiger partial charge >= 0.3 is 5.97 Å². The van der Waals surface area contributed by atoms with Crippen molar-refractivity contribution in [1.82, 2.24) is 15.2 Å². The zero-order valence-corrected chi connectivity index (χ0v) is 21.0. The Hall–Kier alpha value is -2.63. The third-order valence-electron chi connectivity index (χ3n) is 6.05. The van der Waals surface area contributed by atoms with Crippen LogP contribution in [0.4, 0.5) is 5.13 Å². The number of aromatic nitrogens is 1. The summed E-state index contributed by atoms with van der Waals surface area (Å²) in [5, 5.41) is 9.30. The molecule has 2 aromatic rings. The molecule has 34 heavy (non-hydrogen) atoms. The third kappa shape index (κ3) is 6.71. The van der Waals surface area contributed by atoms with E-state index < -0.39 is 29.9 Å². The van der Waals surface area contributed by atoms with Crippen molar-refractivity contribution in [2.24, 2.45) is 5.92 Å². The van der Waals surface area contributed by atoms with Gasteiger partial charge < -0.3 is 15.4 Å². The molecule has 0 bridgehead atoms. The second-order valence-electron chi connectivity index (χ2n) is 8.25. The lowest BCUT2D eigenvalue weighted by atomic mass is 9.84. The van der Waals surface area contributed by atoms with Crippen LogP contribution in [0.5, 0.6) is 0 Å². The number of imide groups is 1. The minimum atomic E-state index is -0.974. The molecule has 0 spiro atoms. The summed E-state index contributed by atoms with van der Waals surface area (Å²) in [7, 11) is 2.92. The molecule has 2 N–H and O–H groups in total. The topological polar surface area (TPSA) is 118 Å².